The molecule has 0 aliphatic carbocycles. The van der Waals surface area contributed by atoms with Crippen LogP contribution in [0.1, 0.15) is 15.9 Å². The minimum absolute atomic E-state index is 0.0813. The summed E-state index contributed by atoms with van der Waals surface area (Å²) in [6.07, 6.45) is 0. The van der Waals surface area contributed by atoms with Crippen LogP contribution in [0.15, 0.2) is 36.4 Å². The molecule has 0 aliphatic rings. The van der Waals surface area contributed by atoms with E-state index in [9.17, 15) is 20.0 Å². The quantitative estimate of drug-likeness (QED) is 0.645. The molecule has 0 bridgehead atoms. The van der Waals surface area contributed by atoms with E-state index in [4.69, 9.17) is 16.3 Å². The third kappa shape index (κ3) is 3.89. The van der Waals surface area contributed by atoms with E-state index in [0.29, 0.717) is 10.8 Å². The average molecular weight is 337 g/mol. The van der Waals surface area contributed by atoms with Crippen LogP contribution >= 0.6 is 11.6 Å². The first-order valence-electron chi connectivity index (χ1n) is 6.50. The number of aromatic hydroxyl groups is 1. The summed E-state index contributed by atoms with van der Waals surface area (Å²) in [6.45, 7) is -0.0813. The van der Waals surface area contributed by atoms with Crippen LogP contribution in [0.25, 0.3) is 0 Å². The third-order valence-electron chi connectivity index (χ3n) is 3.12. The van der Waals surface area contributed by atoms with Crippen molar-refractivity contribution in [1.82, 2.24) is 5.32 Å². The van der Waals surface area contributed by atoms with Gasteiger partial charge in [-0.05, 0) is 24.3 Å². The lowest BCUT2D eigenvalue weighted by Gasteiger charge is -2.10. The molecule has 120 valence electrons. The predicted octanol–water partition coefficient (Wildman–Crippen LogP) is 2.89. The van der Waals surface area contributed by atoms with E-state index < -0.39 is 10.8 Å². The number of nitrogens with one attached hydrogen (secondary N) is 1. The van der Waals surface area contributed by atoms with Crippen molar-refractivity contribution in [2.45, 2.75) is 6.54 Å². The summed E-state index contributed by atoms with van der Waals surface area (Å²) < 4.78 is 5.09. The number of hydrogen-bond acceptors (Lipinski definition) is 5. The van der Waals surface area contributed by atoms with Gasteiger partial charge in [0.05, 0.1) is 17.6 Å². The minimum Gasteiger partial charge on any atom is -0.508 e. The Bertz CT molecular complexity index is 764. The predicted molar refractivity (Wildman–Crippen MR) is 83.9 cm³/mol. The van der Waals surface area contributed by atoms with Gasteiger partial charge in [-0.1, -0.05) is 11.6 Å². The second-order valence-electron chi connectivity index (χ2n) is 4.60. The van der Waals surface area contributed by atoms with Gasteiger partial charge in [-0.25, -0.2) is 0 Å². The lowest BCUT2D eigenvalue weighted by Crippen LogP contribution is -2.23. The highest BCUT2D eigenvalue weighted by molar-refractivity contribution is 6.31. The van der Waals surface area contributed by atoms with Gasteiger partial charge in [0.25, 0.3) is 11.6 Å². The van der Waals surface area contributed by atoms with Crippen molar-refractivity contribution in [3.05, 3.63) is 62.7 Å². The second kappa shape index (κ2) is 6.97. The molecular formula is C15H13ClN2O5. The molecule has 0 spiro atoms. The number of hydrogen-bond donors (Lipinski definition) is 2. The van der Waals surface area contributed by atoms with Gasteiger partial charge in [0.1, 0.15) is 11.5 Å². The average Bonchev–Trinajstić information content (AvgIpc) is 2.53. The fourth-order valence-electron chi connectivity index (χ4n) is 1.96. The normalized spacial score (nSPS) is 10.2. The smallest absolute Gasteiger partial charge is 0.270 e. The number of nitro benzene ring substituents is 1. The number of nitro groups is 1. The fraction of sp³-hybridized carbons (Fsp3) is 0.133. The van der Waals surface area contributed by atoms with Crippen LogP contribution in [-0.2, 0) is 6.54 Å². The SMILES string of the molecule is COc1ccc(Cl)cc1C(=O)NCc1cc([N+](=O)[O-])ccc1O. The summed E-state index contributed by atoms with van der Waals surface area (Å²) in [4.78, 5) is 22.4. The van der Waals surface area contributed by atoms with Crippen molar-refractivity contribution < 1.29 is 19.6 Å². The number of phenols is 1. The zero-order valence-electron chi connectivity index (χ0n) is 12.1. The van der Waals surface area contributed by atoms with E-state index in [1.54, 1.807) is 12.1 Å². The van der Waals surface area contributed by atoms with Gasteiger partial charge in [0.15, 0.2) is 0 Å². The number of nitrogens with zero attached hydrogens (tertiary/aromatic N) is 1. The number of carbonyl (C=O) groups is 1. The van der Waals surface area contributed by atoms with Crippen LogP contribution in [0, 0.1) is 10.1 Å². The van der Waals surface area contributed by atoms with E-state index >= 15 is 0 Å². The number of non-ortho nitro benzene ring substituents is 1. The molecule has 0 heterocycles. The molecule has 0 atom stereocenters. The standard InChI is InChI=1S/C15H13ClN2O5/c1-23-14-5-2-10(16)7-12(14)15(20)17-8-9-6-11(18(21)22)3-4-13(9)19/h2-7,19H,8H2,1H3,(H,17,20). The van der Waals surface area contributed by atoms with Crippen LogP contribution in [0.3, 0.4) is 0 Å². The Morgan fingerprint density at radius 3 is 2.74 bits per heavy atom. The number of halogens is 1. The number of ether oxygens (including phenoxy) is 1. The highest BCUT2D eigenvalue weighted by Crippen LogP contribution is 2.24. The van der Waals surface area contributed by atoms with Crippen LogP contribution in [0.5, 0.6) is 11.5 Å². The Morgan fingerprint density at radius 2 is 2.09 bits per heavy atom. The minimum atomic E-state index is -0.579. The lowest BCUT2D eigenvalue weighted by molar-refractivity contribution is -0.384. The Kier molecular flexibility index (Phi) is 5.02. The van der Waals surface area contributed by atoms with E-state index in [1.165, 1.54) is 31.4 Å². The van der Waals surface area contributed by atoms with Crippen molar-refractivity contribution in [3.63, 3.8) is 0 Å². The molecule has 0 radical (unpaired) electrons. The van der Waals surface area contributed by atoms with Crippen molar-refractivity contribution in [3.8, 4) is 11.5 Å². The summed E-state index contributed by atoms with van der Waals surface area (Å²) >= 11 is 5.87. The zero-order chi connectivity index (χ0) is 17.0. The Balaban J connectivity index is 2.18. The molecule has 7 nitrogen and oxygen atoms in total. The number of benzene rings is 2. The third-order valence-corrected chi connectivity index (χ3v) is 3.35. The summed E-state index contributed by atoms with van der Waals surface area (Å²) in [5.41, 5.74) is 0.283. The fourth-order valence-corrected chi connectivity index (χ4v) is 2.13. The molecule has 8 heteroatoms. The van der Waals surface area contributed by atoms with Crippen molar-refractivity contribution in [2.75, 3.05) is 7.11 Å². The lowest BCUT2D eigenvalue weighted by atomic mass is 10.1. The molecule has 1 amide bonds. The van der Waals surface area contributed by atoms with Crippen molar-refractivity contribution in [2.24, 2.45) is 0 Å². The van der Waals surface area contributed by atoms with Gasteiger partial charge in [-0.2, -0.15) is 0 Å². The number of rotatable bonds is 5. The number of carbonyl (C=O) groups excluding carboxylic acids is 1. The topological polar surface area (TPSA) is 102 Å². The van der Waals surface area contributed by atoms with Crippen molar-refractivity contribution >= 4 is 23.2 Å². The maximum absolute atomic E-state index is 12.2. The molecule has 0 aliphatic heterocycles. The van der Waals surface area contributed by atoms with Crippen molar-refractivity contribution in [1.29, 1.82) is 0 Å². The molecule has 2 N–H and O–H groups in total. The van der Waals surface area contributed by atoms with Gasteiger partial charge in [0, 0.05) is 29.3 Å². The first-order chi connectivity index (χ1) is 10.9. The summed E-state index contributed by atoms with van der Waals surface area (Å²) in [5, 5.41) is 23.4. The number of methoxy groups -OCH3 is 1. The second-order valence-corrected chi connectivity index (χ2v) is 5.03. The molecular weight excluding hydrogens is 324 g/mol. The maximum Gasteiger partial charge on any atom is 0.270 e. The van der Waals surface area contributed by atoms with Gasteiger partial charge in [-0.15, -0.1) is 0 Å². The Hall–Kier alpha value is -2.80. The highest BCUT2D eigenvalue weighted by Gasteiger charge is 2.15. The first kappa shape index (κ1) is 16.6. The highest BCUT2D eigenvalue weighted by atomic mass is 35.5. The monoisotopic (exact) mass is 336 g/mol. The summed E-state index contributed by atoms with van der Waals surface area (Å²) in [7, 11) is 1.42. The van der Waals surface area contributed by atoms with E-state index in [1.807, 2.05) is 0 Å². The molecule has 0 unspecified atom stereocenters. The number of phenolic OH excluding ortho intramolecular Hbond substituents is 1. The van der Waals surface area contributed by atoms with Crippen LogP contribution in [0.2, 0.25) is 5.02 Å². The largest absolute Gasteiger partial charge is 0.508 e. The number of amides is 1. The van der Waals surface area contributed by atoms with Gasteiger partial charge in [0.2, 0.25) is 0 Å². The molecule has 2 rings (SSSR count). The molecule has 0 saturated heterocycles. The van der Waals surface area contributed by atoms with E-state index in [0.717, 1.165) is 0 Å². The van der Waals surface area contributed by atoms with Gasteiger partial charge in [-0.3, -0.25) is 14.9 Å². The zero-order valence-corrected chi connectivity index (χ0v) is 12.8. The van der Waals surface area contributed by atoms with E-state index in [2.05, 4.69) is 5.32 Å². The molecule has 0 saturated carbocycles. The molecule has 2 aromatic carbocycles. The molecule has 0 fully saturated rings. The van der Waals surface area contributed by atoms with Crippen LogP contribution in [0.4, 0.5) is 5.69 Å². The molecule has 2 aromatic rings. The first-order valence-corrected chi connectivity index (χ1v) is 6.88. The summed E-state index contributed by atoms with van der Waals surface area (Å²) in [6, 6.07) is 8.18. The summed E-state index contributed by atoms with van der Waals surface area (Å²) in [5.74, 6) is -0.278. The molecule has 0 aromatic heterocycles. The van der Waals surface area contributed by atoms with E-state index in [-0.39, 0.29) is 29.1 Å². The van der Waals surface area contributed by atoms with Crippen LogP contribution < -0.4 is 10.1 Å². The Labute approximate surface area is 136 Å². The van der Waals surface area contributed by atoms with Crippen LogP contribution in [-0.4, -0.2) is 23.0 Å². The van der Waals surface area contributed by atoms with Gasteiger partial charge < -0.3 is 15.2 Å². The maximum atomic E-state index is 12.2. The molecule has 23 heavy (non-hydrogen) atoms. The Morgan fingerprint density at radius 1 is 1.35 bits per heavy atom. The van der Waals surface area contributed by atoms with Gasteiger partial charge >= 0.3 is 0 Å².